The fraction of sp³-hybridized carbons (Fsp3) is 0.647. The van der Waals surface area contributed by atoms with Crippen LogP contribution in [0.15, 0.2) is 24.3 Å². The molecule has 3 heteroatoms. The second-order valence-electron chi connectivity index (χ2n) is 5.69. The normalized spacial score (nSPS) is 14.5. The Hall–Kier alpha value is -0.900. The quantitative estimate of drug-likeness (QED) is 0.729. The lowest BCUT2D eigenvalue weighted by Crippen LogP contribution is -2.36. The van der Waals surface area contributed by atoms with Crippen LogP contribution in [-0.4, -0.2) is 31.4 Å². The van der Waals surface area contributed by atoms with Gasteiger partial charge in [0, 0.05) is 19.7 Å². The molecule has 2 N–H and O–H groups in total. The molecule has 0 amide bonds. The molecular weight excluding hydrogens is 250 g/mol. The lowest BCUT2D eigenvalue weighted by atomic mass is 10.00. The molecule has 2 unspecified atom stereocenters. The molecular formula is C17H29NO2. The minimum absolute atomic E-state index is 0.314. The monoisotopic (exact) mass is 279 g/mol. The summed E-state index contributed by atoms with van der Waals surface area (Å²) in [6, 6.07) is 8.55. The summed E-state index contributed by atoms with van der Waals surface area (Å²) in [5.74, 6) is 0.523. The van der Waals surface area contributed by atoms with Crippen LogP contribution >= 0.6 is 0 Å². The summed E-state index contributed by atoms with van der Waals surface area (Å²) >= 11 is 0. The molecule has 3 nitrogen and oxygen atoms in total. The standard InChI is InChI=1S/C17H29NO2/c1-5-6-16(12-20-4)18-11-17(19)15-9-7-14(8-10-15)13(2)3/h7-10,13,16-19H,5-6,11-12H2,1-4H3. The van der Waals surface area contributed by atoms with Crippen LogP contribution in [0.2, 0.25) is 0 Å². The molecule has 0 aliphatic heterocycles. The highest BCUT2D eigenvalue weighted by Crippen LogP contribution is 2.18. The van der Waals surface area contributed by atoms with Crippen LogP contribution in [0, 0.1) is 0 Å². The Morgan fingerprint density at radius 1 is 1.15 bits per heavy atom. The van der Waals surface area contributed by atoms with Crippen molar-refractivity contribution in [3.8, 4) is 0 Å². The first-order valence-electron chi connectivity index (χ1n) is 7.58. The molecule has 0 bridgehead atoms. The van der Waals surface area contributed by atoms with Gasteiger partial charge in [0.15, 0.2) is 0 Å². The largest absolute Gasteiger partial charge is 0.387 e. The molecule has 1 aromatic rings. The van der Waals surface area contributed by atoms with Gasteiger partial charge in [-0.1, -0.05) is 51.5 Å². The van der Waals surface area contributed by atoms with E-state index >= 15 is 0 Å². The van der Waals surface area contributed by atoms with Gasteiger partial charge in [-0.15, -0.1) is 0 Å². The Morgan fingerprint density at radius 2 is 1.75 bits per heavy atom. The topological polar surface area (TPSA) is 41.5 Å². The van der Waals surface area contributed by atoms with Crippen molar-refractivity contribution in [1.29, 1.82) is 0 Å². The average molecular weight is 279 g/mol. The maximum absolute atomic E-state index is 10.2. The van der Waals surface area contributed by atoms with E-state index in [-0.39, 0.29) is 0 Å². The molecule has 0 aromatic heterocycles. The number of benzene rings is 1. The van der Waals surface area contributed by atoms with Gasteiger partial charge in [-0.3, -0.25) is 0 Å². The fourth-order valence-electron chi connectivity index (χ4n) is 2.29. The Bertz CT molecular complexity index is 356. The highest BCUT2D eigenvalue weighted by Gasteiger charge is 2.12. The number of hydrogen-bond donors (Lipinski definition) is 2. The van der Waals surface area contributed by atoms with Crippen molar-refractivity contribution in [2.45, 2.75) is 51.7 Å². The first-order chi connectivity index (χ1) is 9.58. The van der Waals surface area contributed by atoms with E-state index in [9.17, 15) is 5.11 Å². The van der Waals surface area contributed by atoms with Crippen molar-refractivity contribution in [3.63, 3.8) is 0 Å². The smallest absolute Gasteiger partial charge is 0.0914 e. The number of rotatable bonds is 9. The molecule has 0 fully saturated rings. The third-order valence-corrected chi connectivity index (χ3v) is 3.59. The third-order valence-electron chi connectivity index (χ3n) is 3.59. The van der Waals surface area contributed by atoms with E-state index in [1.165, 1.54) is 5.56 Å². The Labute approximate surface area is 123 Å². The second kappa shape index (κ2) is 9.11. The molecule has 114 valence electrons. The predicted molar refractivity (Wildman–Crippen MR) is 84.1 cm³/mol. The summed E-state index contributed by atoms with van der Waals surface area (Å²) < 4.78 is 5.19. The molecule has 20 heavy (non-hydrogen) atoms. The molecule has 0 saturated carbocycles. The highest BCUT2D eigenvalue weighted by molar-refractivity contribution is 5.26. The lowest BCUT2D eigenvalue weighted by Gasteiger charge is -2.20. The molecule has 0 aliphatic carbocycles. The number of aliphatic hydroxyl groups is 1. The van der Waals surface area contributed by atoms with Crippen LogP contribution in [0.1, 0.15) is 56.8 Å². The maximum atomic E-state index is 10.2. The number of ether oxygens (including phenoxy) is 1. The van der Waals surface area contributed by atoms with Crippen molar-refractivity contribution in [3.05, 3.63) is 35.4 Å². The van der Waals surface area contributed by atoms with E-state index in [0.717, 1.165) is 18.4 Å². The summed E-state index contributed by atoms with van der Waals surface area (Å²) in [5, 5.41) is 13.6. The van der Waals surface area contributed by atoms with Crippen LogP contribution in [0.5, 0.6) is 0 Å². The molecule has 0 radical (unpaired) electrons. The van der Waals surface area contributed by atoms with Gasteiger partial charge in [-0.2, -0.15) is 0 Å². The second-order valence-corrected chi connectivity index (χ2v) is 5.69. The molecule has 2 atom stereocenters. The third kappa shape index (κ3) is 5.61. The van der Waals surface area contributed by atoms with E-state index in [4.69, 9.17) is 4.74 Å². The molecule has 1 rings (SSSR count). The average Bonchev–Trinajstić information content (AvgIpc) is 2.45. The Kier molecular flexibility index (Phi) is 7.82. The van der Waals surface area contributed by atoms with Gasteiger partial charge in [0.1, 0.15) is 0 Å². The van der Waals surface area contributed by atoms with E-state index in [2.05, 4.69) is 38.2 Å². The SMILES string of the molecule is CCCC(COC)NCC(O)c1ccc(C(C)C)cc1. The predicted octanol–water partition coefficient (Wildman–Crippen LogP) is 3.25. The van der Waals surface area contributed by atoms with Crippen molar-refractivity contribution in [2.24, 2.45) is 0 Å². The molecule has 0 saturated heterocycles. The Balaban J connectivity index is 2.50. The summed E-state index contributed by atoms with van der Waals surface area (Å²) in [7, 11) is 1.71. The number of hydrogen-bond acceptors (Lipinski definition) is 3. The zero-order valence-corrected chi connectivity index (χ0v) is 13.2. The van der Waals surface area contributed by atoms with Gasteiger partial charge >= 0.3 is 0 Å². The van der Waals surface area contributed by atoms with Crippen LogP contribution in [-0.2, 0) is 4.74 Å². The zero-order valence-electron chi connectivity index (χ0n) is 13.2. The van der Waals surface area contributed by atoms with Crippen LogP contribution in [0.4, 0.5) is 0 Å². The zero-order chi connectivity index (χ0) is 15.0. The summed E-state index contributed by atoms with van der Waals surface area (Å²) in [5.41, 5.74) is 2.27. The maximum Gasteiger partial charge on any atom is 0.0914 e. The fourth-order valence-corrected chi connectivity index (χ4v) is 2.29. The van der Waals surface area contributed by atoms with Crippen LogP contribution in [0.3, 0.4) is 0 Å². The van der Waals surface area contributed by atoms with Crippen molar-refractivity contribution < 1.29 is 9.84 Å². The van der Waals surface area contributed by atoms with Gasteiger partial charge in [-0.25, -0.2) is 0 Å². The van der Waals surface area contributed by atoms with Gasteiger partial charge in [0.25, 0.3) is 0 Å². The van der Waals surface area contributed by atoms with Crippen LogP contribution < -0.4 is 5.32 Å². The molecule has 0 heterocycles. The van der Waals surface area contributed by atoms with Gasteiger partial charge in [0.05, 0.1) is 12.7 Å². The van der Waals surface area contributed by atoms with Crippen molar-refractivity contribution in [2.75, 3.05) is 20.3 Å². The van der Waals surface area contributed by atoms with E-state index in [1.807, 2.05) is 12.1 Å². The molecule has 0 spiro atoms. The van der Waals surface area contributed by atoms with Gasteiger partial charge in [-0.05, 0) is 23.5 Å². The van der Waals surface area contributed by atoms with Gasteiger partial charge < -0.3 is 15.2 Å². The molecule has 1 aromatic carbocycles. The van der Waals surface area contributed by atoms with Crippen molar-refractivity contribution in [1.82, 2.24) is 5.32 Å². The number of aliphatic hydroxyl groups excluding tert-OH is 1. The summed E-state index contributed by atoms with van der Waals surface area (Å²) in [6.07, 6.45) is 1.71. The van der Waals surface area contributed by atoms with Crippen LogP contribution in [0.25, 0.3) is 0 Å². The number of nitrogens with one attached hydrogen (secondary N) is 1. The highest BCUT2D eigenvalue weighted by atomic mass is 16.5. The minimum atomic E-state index is -0.465. The van der Waals surface area contributed by atoms with Crippen molar-refractivity contribution >= 4 is 0 Å². The van der Waals surface area contributed by atoms with E-state index < -0.39 is 6.10 Å². The van der Waals surface area contributed by atoms with Gasteiger partial charge in [0.2, 0.25) is 0 Å². The van der Waals surface area contributed by atoms with E-state index in [0.29, 0.717) is 25.1 Å². The lowest BCUT2D eigenvalue weighted by molar-refractivity contribution is 0.136. The molecule has 0 aliphatic rings. The summed E-state index contributed by atoms with van der Waals surface area (Å²) in [4.78, 5) is 0. The first kappa shape index (κ1) is 17.2. The Morgan fingerprint density at radius 3 is 2.25 bits per heavy atom. The first-order valence-corrected chi connectivity index (χ1v) is 7.58. The minimum Gasteiger partial charge on any atom is -0.387 e. The summed E-state index contributed by atoms with van der Waals surface area (Å²) in [6.45, 7) is 7.76. The number of methoxy groups -OCH3 is 1. The van der Waals surface area contributed by atoms with E-state index in [1.54, 1.807) is 7.11 Å².